The van der Waals surface area contributed by atoms with Crippen LogP contribution in [0.15, 0.2) is 18.2 Å². The molecule has 1 rings (SSSR count). The number of nitrogens with one attached hydrogen (secondary N) is 1. The second kappa shape index (κ2) is 6.28. The minimum atomic E-state index is -0.579. The van der Waals surface area contributed by atoms with Crippen molar-refractivity contribution in [1.82, 2.24) is 0 Å². The molecule has 0 radical (unpaired) electrons. The van der Waals surface area contributed by atoms with Crippen LogP contribution in [0.4, 0.5) is 10.5 Å². The Bertz CT molecular complexity index is 452. The molecule has 106 valence electrons. The van der Waals surface area contributed by atoms with Crippen molar-refractivity contribution in [3.05, 3.63) is 23.8 Å². The van der Waals surface area contributed by atoms with Gasteiger partial charge in [0.15, 0.2) is 0 Å². The molecule has 0 spiro atoms. The first-order valence-corrected chi connectivity index (χ1v) is 7.05. The molecule has 5 heteroatoms. The standard InChI is InChI=1S/C14H20BrNO3/c1-9(15)7-10-5-6-11(12(17)8-10)16-13(18)19-14(2,3)4/h5-6,8-9,17H,7H2,1-4H3,(H,16,18). The number of aromatic hydroxyl groups is 1. The molecule has 0 aliphatic rings. The van der Waals surface area contributed by atoms with E-state index in [2.05, 4.69) is 21.2 Å². The lowest BCUT2D eigenvalue weighted by molar-refractivity contribution is 0.0635. The molecule has 2 N–H and O–H groups in total. The number of carbonyl (C=O) groups excluding carboxylic acids is 1. The lowest BCUT2D eigenvalue weighted by atomic mass is 10.1. The summed E-state index contributed by atoms with van der Waals surface area (Å²) in [6.07, 6.45) is 0.227. The molecule has 0 aliphatic heterocycles. The van der Waals surface area contributed by atoms with E-state index in [0.717, 1.165) is 12.0 Å². The van der Waals surface area contributed by atoms with E-state index in [9.17, 15) is 9.90 Å². The van der Waals surface area contributed by atoms with Crippen molar-refractivity contribution in [2.75, 3.05) is 5.32 Å². The lowest BCUT2D eigenvalue weighted by Gasteiger charge is -2.20. The highest BCUT2D eigenvalue weighted by atomic mass is 79.9. The van der Waals surface area contributed by atoms with Gasteiger partial charge in [-0.15, -0.1) is 0 Å². The Balaban J connectivity index is 2.72. The van der Waals surface area contributed by atoms with Crippen molar-refractivity contribution in [1.29, 1.82) is 0 Å². The summed E-state index contributed by atoms with van der Waals surface area (Å²) in [4.78, 5) is 11.9. The van der Waals surface area contributed by atoms with Gasteiger partial charge in [0, 0.05) is 4.83 Å². The van der Waals surface area contributed by atoms with Gasteiger partial charge in [-0.2, -0.15) is 0 Å². The number of benzene rings is 1. The fourth-order valence-corrected chi connectivity index (χ4v) is 1.92. The van der Waals surface area contributed by atoms with Crippen molar-refractivity contribution in [3.8, 4) is 5.75 Å². The van der Waals surface area contributed by atoms with E-state index in [1.54, 1.807) is 32.9 Å². The van der Waals surface area contributed by atoms with Crippen LogP contribution in [-0.2, 0) is 11.2 Å². The van der Waals surface area contributed by atoms with Crippen molar-refractivity contribution >= 4 is 27.7 Å². The number of carbonyl (C=O) groups is 1. The smallest absolute Gasteiger partial charge is 0.412 e. The molecule has 1 amide bonds. The fourth-order valence-electron chi connectivity index (χ4n) is 1.55. The van der Waals surface area contributed by atoms with Gasteiger partial charge in [-0.25, -0.2) is 4.79 Å². The highest BCUT2D eigenvalue weighted by Gasteiger charge is 2.17. The van der Waals surface area contributed by atoms with Crippen LogP contribution in [0.1, 0.15) is 33.3 Å². The number of ether oxygens (including phenoxy) is 1. The third-order valence-electron chi connectivity index (χ3n) is 2.21. The summed E-state index contributed by atoms with van der Waals surface area (Å²) in [5, 5.41) is 12.4. The quantitative estimate of drug-likeness (QED) is 0.649. The zero-order chi connectivity index (χ0) is 14.6. The van der Waals surface area contributed by atoms with Crippen LogP contribution >= 0.6 is 15.9 Å². The lowest BCUT2D eigenvalue weighted by Crippen LogP contribution is -2.27. The number of amides is 1. The van der Waals surface area contributed by atoms with Crippen molar-refractivity contribution < 1.29 is 14.6 Å². The van der Waals surface area contributed by atoms with Crippen LogP contribution in [0.3, 0.4) is 0 Å². The zero-order valence-electron chi connectivity index (χ0n) is 11.7. The van der Waals surface area contributed by atoms with E-state index in [1.807, 2.05) is 13.0 Å². The zero-order valence-corrected chi connectivity index (χ0v) is 13.2. The van der Waals surface area contributed by atoms with E-state index in [-0.39, 0.29) is 5.75 Å². The fraction of sp³-hybridized carbons (Fsp3) is 0.500. The van der Waals surface area contributed by atoms with E-state index in [1.165, 1.54) is 0 Å². The summed E-state index contributed by atoms with van der Waals surface area (Å²) in [7, 11) is 0. The molecule has 0 aromatic heterocycles. The molecule has 0 bridgehead atoms. The molecule has 0 saturated heterocycles. The number of rotatable bonds is 3. The molecule has 1 atom stereocenters. The SMILES string of the molecule is CC(Br)Cc1ccc(NC(=O)OC(C)(C)C)c(O)c1. The normalized spacial score (nSPS) is 12.9. The predicted octanol–water partition coefficient (Wildman–Crippen LogP) is 4.07. The summed E-state index contributed by atoms with van der Waals surface area (Å²) >= 11 is 3.46. The Morgan fingerprint density at radius 3 is 2.58 bits per heavy atom. The number of phenolic OH excluding ortho intramolecular Hbond substituents is 1. The van der Waals surface area contributed by atoms with Crippen LogP contribution in [0.2, 0.25) is 0 Å². The minimum Gasteiger partial charge on any atom is -0.506 e. The first-order chi connectivity index (χ1) is 8.67. The summed E-state index contributed by atoms with van der Waals surface area (Å²) in [6.45, 7) is 7.39. The maximum atomic E-state index is 11.6. The average Bonchev–Trinajstić information content (AvgIpc) is 2.18. The first kappa shape index (κ1) is 15.8. The van der Waals surface area contributed by atoms with Gasteiger partial charge < -0.3 is 9.84 Å². The minimum absolute atomic E-state index is 0.0384. The molecule has 4 nitrogen and oxygen atoms in total. The Kier molecular flexibility index (Phi) is 5.23. The van der Waals surface area contributed by atoms with Crippen molar-refractivity contribution in [3.63, 3.8) is 0 Å². The second-order valence-corrected chi connectivity index (χ2v) is 7.03. The number of halogens is 1. The maximum absolute atomic E-state index is 11.6. The third kappa shape index (κ3) is 5.96. The largest absolute Gasteiger partial charge is 0.506 e. The van der Waals surface area contributed by atoms with Crippen LogP contribution in [0.25, 0.3) is 0 Å². The summed E-state index contributed by atoms with van der Waals surface area (Å²) in [5.41, 5.74) is 0.780. The average molecular weight is 330 g/mol. The predicted molar refractivity (Wildman–Crippen MR) is 80.1 cm³/mol. The van der Waals surface area contributed by atoms with E-state index >= 15 is 0 Å². The number of hydrogen-bond donors (Lipinski definition) is 2. The molecule has 1 aromatic rings. The summed E-state index contributed by atoms with van der Waals surface area (Å²) in [5.74, 6) is 0.0384. The van der Waals surface area contributed by atoms with Gasteiger partial charge in [-0.3, -0.25) is 5.32 Å². The number of phenols is 1. The molecule has 0 aliphatic carbocycles. The van der Waals surface area contributed by atoms with Crippen LogP contribution in [0.5, 0.6) is 5.75 Å². The van der Waals surface area contributed by atoms with Gasteiger partial charge in [0.1, 0.15) is 11.4 Å². The monoisotopic (exact) mass is 329 g/mol. The Labute approximate surface area is 122 Å². The second-order valence-electron chi connectivity index (χ2n) is 5.46. The molecule has 1 unspecified atom stereocenters. The summed E-state index contributed by atoms with van der Waals surface area (Å²) in [6, 6.07) is 5.18. The van der Waals surface area contributed by atoms with Gasteiger partial charge >= 0.3 is 6.09 Å². The molecular formula is C14H20BrNO3. The van der Waals surface area contributed by atoms with Crippen LogP contribution < -0.4 is 5.32 Å². The van der Waals surface area contributed by atoms with Gasteiger partial charge in [0.05, 0.1) is 5.69 Å². The van der Waals surface area contributed by atoms with Gasteiger partial charge in [0.25, 0.3) is 0 Å². The Morgan fingerprint density at radius 2 is 2.11 bits per heavy atom. The van der Waals surface area contributed by atoms with E-state index in [4.69, 9.17) is 4.74 Å². The summed E-state index contributed by atoms with van der Waals surface area (Å²) < 4.78 is 5.12. The molecule has 19 heavy (non-hydrogen) atoms. The number of alkyl halides is 1. The van der Waals surface area contributed by atoms with E-state index < -0.39 is 11.7 Å². The maximum Gasteiger partial charge on any atom is 0.412 e. The van der Waals surface area contributed by atoms with E-state index in [0.29, 0.717) is 10.5 Å². The Hall–Kier alpha value is -1.23. The molecule has 0 heterocycles. The highest BCUT2D eigenvalue weighted by molar-refractivity contribution is 9.09. The molecule has 0 saturated carbocycles. The highest BCUT2D eigenvalue weighted by Crippen LogP contribution is 2.26. The number of hydrogen-bond acceptors (Lipinski definition) is 3. The van der Waals surface area contributed by atoms with Gasteiger partial charge in [0.2, 0.25) is 0 Å². The third-order valence-corrected chi connectivity index (χ3v) is 2.54. The van der Waals surface area contributed by atoms with Crippen LogP contribution in [0, 0.1) is 0 Å². The number of anilines is 1. The molecular weight excluding hydrogens is 310 g/mol. The van der Waals surface area contributed by atoms with Crippen molar-refractivity contribution in [2.45, 2.75) is 44.5 Å². The van der Waals surface area contributed by atoms with Crippen molar-refractivity contribution in [2.24, 2.45) is 0 Å². The molecule has 1 aromatic carbocycles. The van der Waals surface area contributed by atoms with Gasteiger partial charge in [-0.1, -0.05) is 28.9 Å². The topological polar surface area (TPSA) is 58.6 Å². The Morgan fingerprint density at radius 1 is 1.47 bits per heavy atom. The first-order valence-electron chi connectivity index (χ1n) is 6.13. The van der Waals surface area contributed by atoms with Gasteiger partial charge in [-0.05, 0) is 44.9 Å². The van der Waals surface area contributed by atoms with Crippen LogP contribution in [-0.4, -0.2) is 21.6 Å². The molecule has 0 fully saturated rings.